The Kier molecular flexibility index (Phi) is 3.56. The number of hydrogen-bond acceptors (Lipinski definition) is 3. The van der Waals surface area contributed by atoms with Gasteiger partial charge >= 0.3 is 7.48 Å². The van der Waals surface area contributed by atoms with E-state index in [1.807, 2.05) is 19.9 Å². The van der Waals surface area contributed by atoms with Crippen molar-refractivity contribution in [2.24, 2.45) is 7.05 Å². The minimum absolute atomic E-state index is 0.0597. The molecule has 0 spiro atoms. The second-order valence-corrected chi connectivity index (χ2v) is 6.19. The van der Waals surface area contributed by atoms with Crippen LogP contribution >= 0.6 is 0 Å². The molecule has 0 unspecified atom stereocenters. The fraction of sp³-hybridized carbons (Fsp3) is 0.500. The van der Waals surface area contributed by atoms with Gasteiger partial charge in [-0.25, -0.2) is 0 Å². The van der Waals surface area contributed by atoms with Gasteiger partial charge in [0.15, 0.2) is 0 Å². The average Bonchev–Trinajstić information content (AvgIpc) is 2.80. The molecule has 2 heterocycles. The smallest absolute Gasteiger partial charge is 0.311 e. The van der Waals surface area contributed by atoms with Gasteiger partial charge in [0.1, 0.15) is 5.52 Å². The van der Waals surface area contributed by atoms with Gasteiger partial charge in [-0.2, -0.15) is 0 Å². The summed E-state index contributed by atoms with van der Waals surface area (Å²) >= 11 is 0. The third-order valence-corrected chi connectivity index (χ3v) is 4.04. The molecule has 0 amide bonds. The molecule has 2 aromatic rings. The Morgan fingerprint density at radius 2 is 2.00 bits per heavy atom. The maximum absolute atomic E-state index is 12.0. The SMILES string of the molecule is Cn1cc(BOC(C)(C)C(C)(C)O)c2cc[nH]c2c1=O. The molecular weight excluding hydrogens is 255 g/mol. The highest BCUT2D eigenvalue weighted by atomic mass is 16.5. The fourth-order valence-corrected chi connectivity index (χ4v) is 1.90. The normalized spacial score (nSPS) is 12.9. The Labute approximate surface area is 118 Å². The van der Waals surface area contributed by atoms with E-state index in [-0.39, 0.29) is 5.56 Å². The summed E-state index contributed by atoms with van der Waals surface area (Å²) in [6.45, 7) is 7.14. The van der Waals surface area contributed by atoms with E-state index in [9.17, 15) is 9.90 Å². The van der Waals surface area contributed by atoms with Crippen LogP contribution in [0.3, 0.4) is 0 Å². The van der Waals surface area contributed by atoms with Crippen LogP contribution in [-0.4, -0.2) is 33.3 Å². The number of aryl methyl sites for hydroxylation is 1. The summed E-state index contributed by atoms with van der Waals surface area (Å²) in [7, 11) is 2.05. The van der Waals surface area contributed by atoms with Gasteiger partial charge in [0.25, 0.3) is 5.56 Å². The molecule has 0 atom stereocenters. The van der Waals surface area contributed by atoms with Crippen molar-refractivity contribution in [3.05, 3.63) is 28.8 Å². The van der Waals surface area contributed by atoms with E-state index >= 15 is 0 Å². The first-order chi connectivity index (χ1) is 9.13. The van der Waals surface area contributed by atoms with Crippen LogP contribution in [0.5, 0.6) is 0 Å². The number of aromatic amines is 1. The van der Waals surface area contributed by atoms with E-state index in [1.54, 1.807) is 33.3 Å². The number of pyridine rings is 1. The van der Waals surface area contributed by atoms with Gasteiger partial charge in [0.2, 0.25) is 0 Å². The minimum Gasteiger partial charge on any atom is -0.427 e. The van der Waals surface area contributed by atoms with Gasteiger partial charge in [-0.3, -0.25) is 4.79 Å². The summed E-state index contributed by atoms with van der Waals surface area (Å²) in [6, 6.07) is 1.87. The van der Waals surface area contributed by atoms with Crippen molar-refractivity contribution in [2.75, 3.05) is 0 Å². The molecule has 0 aromatic carbocycles. The third-order valence-electron chi connectivity index (χ3n) is 4.04. The topological polar surface area (TPSA) is 67.2 Å². The van der Waals surface area contributed by atoms with Crippen LogP contribution in [0.2, 0.25) is 0 Å². The molecule has 6 heteroatoms. The second-order valence-electron chi connectivity index (χ2n) is 6.19. The van der Waals surface area contributed by atoms with Crippen LogP contribution in [0.4, 0.5) is 0 Å². The molecule has 0 saturated heterocycles. The summed E-state index contributed by atoms with van der Waals surface area (Å²) in [4.78, 5) is 14.9. The quantitative estimate of drug-likeness (QED) is 0.795. The van der Waals surface area contributed by atoms with Gasteiger partial charge in [-0.05, 0) is 39.2 Å². The summed E-state index contributed by atoms with van der Waals surface area (Å²) in [5, 5.41) is 11.0. The van der Waals surface area contributed by atoms with Gasteiger partial charge in [-0.15, -0.1) is 0 Å². The highest BCUT2D eigenvalue weighted by molar-refractivity contribution is 6.51. The van der Waals surface area contributed by atoms with Crippen molar-refractivity contribution < 1.29 is 9.76 Å². The number of rotatable bonds is 4. The molecule has 2 rings (SSSR count). The molecule has 0 saturated carbocycles. The van der Waals surface area contributed by atoms with Crippen molar-refractivity contribution in [1.29, 1.82) is 0 Å². The second kappa shape index (κ2) is 4.79. The number of fused-ring (bicyclic) bond motifs is 1. The molecule has 108 valence electrons. The molecule has 2 N–H and O–H groups in total. The molecule has 5 nitrogen and oxygen atoms in total. The zero-order valence-corrected chi connectivity index (χ0v) is 12.7. The van der Waals surface area contributed by atoms with Crippen LogP contribution < -0.4 is 11.0 Å². The van der Waals surface area contributed by atoms with Crippen LogP contribution in [0.15, 0.2) is 23.3 Å². The van der Waals surface area contributed by atoms with E-state index in [1.165, 1.54) is 4.57 Å². The summed E-state index contributed by atoms with van der Waals surface area (Å²) < 4.78 is 7.41. The molecule has 2 aromatic heterocycles. The van der Waals surface area contributed by atoms with Crippen molar-refractivity contribution >= 4 is 23.8 Å². The summed E-state index contributed by atoms with van der Waals surface area (Å²) in [6.07, 6.45) is 3.52. The fourth-order valence-electron chi connectivity index (χ4n) is 1.90. The van der Waals surface area contributed by atoms with E-state index < -0.39 is 11.2 Å². The summed E-state index contributed by atoms with van der Waals surface area (Å²) in [5.41, 5.74) is -0.208. The van der Waals surface area contributed by atoms with Crippen LogP contribution in [-0.2, 0) is 11.7 Å². The molecule has 0 aliphatic heterocycles. The Bertz CT molecular complexity index is 680. The van der Waals surface area contributed by atoms with Crippen molar-refractivity contribution in [3.8, 4) is 0 Å². The largest absolute Gasteiger partial charge is 0.427 e. The van der Waals surface area contributed by atoms with Gasteiger partial charge in [-0.1, -0.05) is 0 Å². The molecule has 20 heavy (non-hydrogen) atoms. The zero-order valence-electron chi connectivity index (χ0n) is 12.7. The predicted octanol–water partition coefficient (Wildman–Crippen LogP) is 0.409. The number of nitrogens with one attached hydrogen (secondary N) is 1. The average molecular weight is 276 g/mol. The van der Waals surface area contributed by atoms with Gasteiger partial charge in [0.05, 0.1) is 11.2 Å². The lowest BCUT2D eigenvalue weighted by atomic mass is 9.82. The maximum atomic E-state index is 12.0. The van der Waals surface area contributed by atoms with Crippen molar-refractivity contribution in [2.45, 2.75) is 38.9 Å². The zero-order chi connectivity index (χ0) is 15.1. The Balaban J connectivity index is 2.34. The van der Waals surface area contributed by atoms with E-state index in [4.69, 9.17) is 4.65 Å². The van der Waals surface area contributed by atoms with Gasteiger partial charge in [0, 0.05) is 24.8 Å². The maximum Gasteiger partial charge on any atom is 0.311 e. The Hall–Kier alpha value is -1.53. The number of aliphatic hydroxyl groups is 1. The number of hydrogen-bond donors (Lipinski definition) is 2. The van der Waals surface area contributed by atoms with E-state index in [0.717, 1.165) is 10.8 Å². The third kappa shape index (κ3) is 2.53. The standard InChI is InChI=1S/C14H21BN2O3/c1-13(2,19)14(3,4)20-15-10-8-17(5)12(18)11-9(10)6-7-16-11/h6-8,15-16,19H,1-5H3. The highest BCUT2D eigenvalue weighted by Crippen LogP contribution is 2.24. The van der Waals surface area contributed by atoms with Crippen LogP contribution in [0, 0.1) is 0 Å². The van der Waals surface area contributed by atoms with Crippen LogP contribution in [0.25, 0.3) is 10.9 Å². The lowest BCUT2D eigenvalue weighted by Gasteiger charge is -2.37. The molecule has 0 radical (unpaired) electrons. The van der Waals surface area contributed by atoms with Gasteiger partial charge < -0.3 is 19.3 Å². The first kappa shape index (κ1) is 14.9. The molecule has 0 aliphatic rings. The first-order valence-corrected chi connectivity index (χ1v) is 6.65. The molecular formula is C14H21BN2O3. The molecule has 0 aliphatic carbocycles. The molecule has 0 fully saturated rings. The van der Waals surface area contributed by atoms with E-state index in [2.05, 4.69) is 4.98 Å². The Morgan fingerprint density at radius 3 is 2.60 bits per heavy atom. The number of nitrogens with zero attached hydrogens (tertiary/aromatic N) is 1. The summed E-state index contributed by atoms with van der Waals surface area (Å²) in [5.74, 6) is 0. The Morgan fingerprint density at radius 1 is 1.35 bits per heavy atom. The first-order valence-electron chi connectivity index (χ1n) is 6.65. The monoisotopic (exact) mass is 276 g/mol. The lowest BCUT2D eigenvalue weighted by Crippen LogP contribution is -2.49. The predicted molar refractivity (Wildman–Crippen MR) is 81.8 cm³/mol. The van der Waals surface area contributed by atoms with Crippen LogP contribution in [0.1, 0.15) is 27.7 Å². The van der Waals surface area contributed by atoms with Crippen molar-refractivity contribution in [1.82, 2.24) is 9.55 Å². The van der Waals surface area contributed by atoms with E-state index in [0.29, 0.717) is 13.0 Å². The number of H-pyrrole nitrogens is 1. The van der Waals surface area contributed by atoms with Crippen molar-refractivity contribution in [3.63, 3.8) is 0 Å². The molecule has 0 bridgehead atoms. The number of aromatic nitrogens is 2. The minimum atomic E-state index is -0.953. The lowest BCUT2D eigenvalue weighted by molar-refractivity contribution is -0.0893. The highest BCUT2D eigenvalue weighted by Gasteiger charge is 2.35.